The number of rotatable bonds is 5. The molecule has 0 unspecified atom stereocenters. The molecule has 0 amide bonds. The van der Waals surface area contributed by atoms with E-state index in [1.54, 1.807) is 0 Å². The minimum Gasteiger partial charge on any atom is -0.462 e. The average molecular weight is 197 g/mol. The normalized spacial score (nSPS) is 18.1. The van der Waals surface area contributed by atoms with Crippen molar-refractivity contribution in [1.82, 2.24) is 0 Å². The van der Waals surface area contributed by atoms with Crippen LogP contribution in [0.5, 0.6) is 0 Å². The quantitative estimate of drug-likeness (QED) is 0.499. The van der Waals surface area contributed by atoms with Crippen LogP contribution in [0.25, 0.3) is 0 Å². The van der Waals surface area contributed by atoms with E-state index in [1.807, 2.05) is 0 Å². The van der Waals surface area contributed by atoms with E-state index in [0.717, 1.165) is 32.1 Å². The average Bonchev–Trinajstić information content (AvgIpc) is 2.20. The van der Waals surface area contributed by atoms with E-state index >= 15 is 0 Å². The maximum absolute atomic E-state index is 11.3. The summed E-state index contributed by atoms with van der Waals surface area (Å²) in [6, 6.07) is 0. The second-order valence-electron chi connectivity index (χ2n) is 4.06. The molecule has 0 saturated heterocycles. The van der Waals surface area contributed by atoms with E-state index in [2.05, 4.69) is 6.92 Å². The van der Waals surface area contributed by atoms with Crippen LogP contribution in [-0.2, 0) is 9.53 Å². The number of hydrogen-bond acceptors (Lipinski definition) is 2. The van der Waals surface area contributed by atoms with Gasteiger partial charge in [-0.25, -0.2) is 0 Å². The third-order valence-corrected chi connectivity index (χ3v) is 2.73. The summed E-state index contributed by atoms with van der Waals surface area (Å²) in [5.41, 5.74) is 0. The molecule has 1 fully saturated rings. The maximum atomic E-state index is 11.3. The number of hydrogen-bond donors (Lipinski definition) is 0. The van der Waals surface area contributed by atoms with Crippen LogP contribution in [0, 0.1) is 6.92 Å². The minimum atomic E-state index is -0.00894. The fourth-order valence-electron chi connectivity index (χ4n) is 1.87. The number of ether oxygens (including phenoxy) is 1. The smallest absolute Gasteiger partial charge is 0.306 e. The molecule has 0 bridgehead atoms. The van der Waals surface area contributed by atoms with Crippen molar-refractivity contribution < 1.29 is 9.53 Å². The van der Waals surface area contributed by atoms with Gasteiger partial charge in [0.05, 0.1) is 0 Å². The molecule has 0 aliphatic heterocycles. The second-order valence-corrected chi connectivity index (χ2v) is 4.06. The molecule has 0 aromatic rings. The molecule has 0 aromatic carbocycles. The predicted octanol–water partition coefficient (Wildman–Crippen LogP) is 3.26. The van der Waals surface area contributed by atoms with Gasteiger partial charge in [0.15, 0.2) is 0 Å². The van der Waals surface area contributed by atoms with Gasteiger partial charge in [0.25, 0.3) is 0 Å². The Morgan fingerprint density at radius 2 is 1.93 bits per heavy atom. The summed E-state index contributed by atoms with van der Waals surface area (Å²) < 4.78 is 5.38. The minimum absolute atomic E-state index is 0.00894. The predicted molar refractivity (Wildman–Crippen MR) is 56.8 cm³/mol. The molecule has 0 spiro atoms. The summed E-state index contributed by atoms with van der Waals surface area (Å²) in [4.78, 5) is 11.3. The Kier molecular flexibility index (Phi) is 5.65. The molecule has 81 valence electrons. The summed E-state index contributed by atoms with van der Waals surface area (Å²) in [7, 11) is 0. The van der Waals surface area contributed by atoms with Crippen LogP contribution in [0.3, 0.4) is 0 Å². The molecular formula is C12H21O2. The monoisotopic (exact) mass is 197 g/mol. The van der Waals surface area contributed by atoms with Gasteiger partial charge in [-0.15, -0.1) is 0 Å². The van der Waals surface area contributed by atoms with Crippen LogP contribution in [0.1, 0.15) is 57.8 Å². The zero-order valence-corrected chi connectivity index (χ0v) is 8.96. The van der Waals surface area contributed by atoms with Gasteiger partial charge < -0.3 is 4.74 Å². The molecule has 0 atom stereocenters. The zero-order chi connectivity index (χ0) is 10.2. The molecule has 2 nitrogen and oxygen atoms in total. The maximum Gasteiger partial charge on any atom is 0.306 e. The summed E-state index contributed by atoms with van der Waals surface area (Å²) >= 11 is 0. The highest BCUT2D eigenvalue weighted by Crippen LogP contribution is 2.20. The van der Waals surface area contributed by atoms with E-state index in [4.69, 9.17) is 4.74 Å². The third-order valence-electron chi connectivity index (χ3n) is 2.73. The van der Waals surface area contributed by atoms with Crippen molar-refractivity contribution >= 4 is 5.97 Å². The van der Waals surface area contributed by atoms with Crippen LogP contribution in [0.4, 0.5) is 0 Å². The lowest BCUT2D eigenvalue weighted by molar-refractivity contribution is -0.150. The van der Waals surface area contributed by atoms with E-state index in [0.29, 0.717) is 6.42 Å². The Hall–Kier alpha value is -0.530. The standard InChI is InChI=1S/C12H21O2/c1-2-3-5-10-12(13)14-11-8-6-4-7-9-11/h11H,1-10H2. The van der Waals surface area contributed by atoms with Crippen molar-refractivity contribution in [3.05, 3.63) is 6.92 Å². The second kappa shape index (κ2) is 6.86. The van der Waals surface area contributed by atoms with Crippen LogP contribution in [-0.4, -0.2) is 12.1 Å². The molecule has 14 heavy (non-hydrogen) atoms. The summed E-state index contributed by atoms with van der Waals surface area (Å²) in [6.45, 7) is 3.75. The first-order valence-corrected chi connectivity index (χ1v) is 5.81. The molecule has 1 saturated carbocycles. The third kappa shape index (κ3) is 4.64. The summed E-state index contributed by atoms with van der Waals surface area (Å²) in [5.74, 6) is -0.00894. The molecule has 0 aromatic heterocycles. The van der Waals surface area contributed by atoms with Crippen LogP contribution >= 0.6 is 0 Å². The van der Waals surface area contributed by atoms with Crippen LogP contribution < -0.4 is 0 Å². The number of unbranched alkanes of at least 4 members (excludes halogenated alkanes) is 2. The first kappa shape index (κ1) is 11.5. The molecule has 1 radical (unpaired) electrons. The Labute approximate surface area is 87.0 Å². The highest BCUT2D eigenvalue weighted by molar-refractivity contribution is 5.69. The SMILES string of the molecule is [CH2]CCCCC(=O)OC1CCCCC1. The van der Waals surface area contributed by atoms with Gasteiger partial charge in [0.1, 0.15) is 6.10 Å². The van der Waals surface area contributed by atoms with Crippen molar-refractivity contribution in [3.63, 3.8) is 0 Å². The molecule has 0 N–H and O–H groups in total. The molecular weight excluding hydrogens is 176 g/mol. The number of carbonyl (C=O) groups excluding carboxylic acids is 1. The Morgan fingerprint density at radius 3 is 2.57 bits per heavy atom. The van der Waals surface area contributed by atoms with E-state index < -0.39 is 0 Å². The molecule has 1 aliphatic rings. The Morgan fingerprint density at radius 1 is 1.21 bits per heavy atom. The number of esters is 1. The van der Waals surface area contributed by atoms with Gasteiger partial charge in [-0.1, -0.05) is 26.2 Å². The van der Waals surface area contributed by atoms with Crippen LogP contribution in [0.2, 0.25) is 0 Å². The van der Waals surface area contributed by atoms with Gasteiger partial charge in [-0.05, 0) is 32.1 Å². The van der Waals surface area contributed by atoms with Crippen molar-refractivity contribution in [2.75, 3.05) is 0 Å². The van der Waals surface area contributed by atoms with Gasteiger partial charge >= 0.3 is 5.97 Å². The molecule has 2 heteroatoms. The topological polar surface area (TPSA) is 26.3 Å². The van der Waals surface area contributed by atoms with Gasteiger partial charge in [0, 0.05) is 6.42 Å². The molecule has 1 aliphatic carbocycles. The van der Waals surface area contributed by atoms with Gasteiger partial charge in [-0.2, -0.15) is 0 Å². The Bertz CT molecular complexity index is 160. The lowest BCUT2D eigenvalue weighted by atomic mass is 9.98. The summed E-state index contributed by atoms with van der Waals surface area (Å²) in [5, 5.41) is 0. The largest absolute Gasteiger partial charge is 0.462 e. The summed E-state index contributed by atoms with van der Waals surface area (Å²) in [6.07, 6.45) is 9.54. The lowest BCUT2D eigenvalue weighted by Crippen LogP contribution is -2.20. The van der Waals surface area contributed by atoms with Gasteiger partial charge in [-0.3, -0.25) is 4.79 Å². The first-order valence-electron chi connectivity index (χ1n) is 5.81. The lowest BCUT2D eigenvalue weighted by Gasteiger charge is -2.21. The number of carbonyl (C=O) groups is 1. The van der Waals surface area contributed by atoms with Crippen molar-refractivity contribution in [2.24, 2.45) is 0 Å². The van der Waals surface area contributed by atoms with E-state index in [-0.39, 0.29) is 12.1 Å². The first-order chi connectivity index (χ1) is 6.83. The van der Waals surface area contributed by atoms with Crippen molar-refractivity contribution in [3.8, 4) is 0 Å². The van der Waals surface area contributed by atoms with Gasteiger partial charge in [0.2, 0.25) is 0 Å². The van der Waals surface area contributed by atoms with E-state index in [1.165, 1.54) is 19.3 Å². The molecule has 0 heterocycles. The highest BCUT2D eigenvalue weighted by atomic mass is 16.5. The van der Waals surface area contributed by atoms with Crippen molar-refractivity contribution in [1.29, 1.82) is 0 Å². The zero-order valence-electron chi connectivity index (χ0n) is 8.96. The van der Waals surface area contributed by atoms with Crippen molar-refractivity contribution in [2.45, 2.75) is 63.9 Å². The fraction of sp³-hybridized carbons (Fsp3) is 0.833. The van der Waals surface area contributed by atoms with Crippen LogP contribution in [0.15, 0.2) is 0 Å². The fourth-order valence-corrected chi connectivity index (χ4v) is 1.87. The highest BCUT2D eigenvalue weighted by Gasteiger charge is 2.16. The molecule has 1 rings (SSSR count). The Balaban J connectivity index is 2.06. The van der Waals surface area contributed by atoms with E-state index in [9.17, 15) is 4.79 Å².